The lowest BCUT2D eigenvalue weighted by Gasteiger charge is -2.42. The van der Waals surface area contributed by atoms with Crippen molar-refractivity contribution in [3.05, 3.63) is 107 Å². The van der Waals surface area contributed by atoms with Crippen LogP contribution in [0.2, 0.25) is 0 Å². The number of nitrogens with two attached hydrogens (primary N) is 1. The van der Waals surface area contributed by atoms with Crippen molar-refractivity contribution in [3.8, 4) is 0 Å². The molecule has 3 aromatic rings. The molecule has 0 saturated carbocycles. The van der Waals surface area contributed by atoms with E-state index in [1.54, 1.807) is 36.4 Å². The van der Waals surface area contributed by atoms with Crippen LogP contribution in [0.25, 0.3) is 0 Å². The van der Waals surface area contributed by atoms with E-state index >= 15 is 0 Å². The Hall–Kier alpha value is -2.77. The van der Waals surface area contributed by atoms with Crippen LogP contribution in [0.5, 0.6) is 0 Å². The molecule has 0 fully saturated rings. The zero-order valence-electron chi connectivity index (χ0n) is 15.1. The van der Waals surface area contributed by atoms with Crippen LogP contribution in [0.1, 0.15) is 22.7 Å². The van der Waals surface area contributed by atoms with Gasteiger partial charge < -0.3 is 5.73 Å². The second kappa shape index (κ2) is 8.31. The number of hydrogen-bond acceptors (Lipinski definition) is 2. The summed E-state index contributed by atoms with van der Waals surface area (Å²) in [4.78, 5) is 0. The van der Waals surface area contributed by atoms with Crippen LogP contribution in [0.4, 0.5) is 22.0 Å². The van der Waals surface area contributed by atoms with Crippen molar-refractivity contribution in [2.75, 3.05) is 0 Å². The summed E-state index contributed by atoms with van der Waals surface area (Å²) in [5.74, 6) is -0.551. The molecule has 0 spiro atoms. The van der Waals surface area contributed by atoms with Crippen LogP contribution in [0.15, 0.2) is 84.9 Å². The Kier molecular flexibility index (Phi) is 6.00. The fraction of sp³-hybridized carbons (Fsp3) is 0.182. The second-order valence-electron chi connectivity index (χ2n) is 6.46. The van der Waals surface area contributed by atoms with Gasteiger partial charge in [-0.05, 0) is 28.8 Å². The van der Waals surface area contributed by atoms with Gasteiger partial charge in [0.25, 0.3) is 0 Å². The van der Waals surface area contributed by atoms with Crippen LogP contribution in [0.3, 0.4) is 0 Å². The third kappa shape index (κ3) is 4.16. The molecule has 3 aromatic carbocycles. The molecule has 2 nitrogen and oxygen atoms in total. The lowest BCUT2D eigenvalue weighted by Crippen LogP contribution is -2.49. The molecule has 7 heteroatoms. The van der Waals surface area contributed by atoms with Gasteiger partial charge in [-0.2, -0.15) is 8.78 Å². The quantitative estimate of drug-likeness (QED) is 0.514. The van der Waals surface area contributed by atoms with E-state index in [0.29, 0.717) is 0 Å². The highest BCUT2D eigenvalue weighted by molar-refractivity contribution is 5.42. The lowest BCUT2D eigenvalue weighted by atomic mass is 9.77. The van der Waals surface area contributed by atoms with Crippen molar-refractivity contribution in [1.82, 2.24) is 0 Å². The Bertz CT molecular complexity index is 877. The standard InChI is InChI=1S/C22H18F5NO/c23-18-13-11-15(12-14-18)19(28)21(16-7-3-1-4-8-16,17-9-5-2-6-10-17)29-22(26,27)20(24)25/h1-14,19-20H,28H2. The van der Waals surface area contributed by atoms with Gasteiger partial charge in [0.05, 0.1) is 6.04 Å². The maximum Gasteiger partial charge on any atom is 0.417 e. The first-order valence-electron chi connectivity index (χ1n) is 8.75. The van der Waals surface area contributed by atoms with E-state index in [1.165, 1.54) is 36.4 Å². The van der Waals surface area contributed by atoms with Crippen molar-refractivity contribution < 1.29 is 26.7 Å². The highest BCUT2D eigenvalue weighted by atomic mass is 19.3. The van der Waals surface area contributed by atoms with E-state index in [0.717, 1.165) is 12.1 Å². The summed E-state index contributed by atoms with van der Waals surface area (Å²) in [5, 5.41) is 0. The molecule has 1 unspecified atom stereocenters. The van der Waals surface area contributed by atoms with E-state index in [2.05, 4.69) is 0 Å². The molecule has 0 radical (unpaired) electrons. The molecule has 0 amide bonds. The predicted molar refractivity (Wildman–Crippen MR) is 99.0 cm³/mol. The summed E-state index contributed by atoms with van der Waals surface area (Å²) in [6.07, 6.45) is -8.86. The maximum absolute atomic E-state index is 14.3. The summed E-state index contributed by atoms with van der Waals surface area (Å²) < 4.78 is 73.1. The Labute approximate surface area is 164 Å². The van der Waals surface area contributed by atoms with E-state index in [1.807, 2.05) is 0 Å². The molecule has 0 saturated heterocycles. The van der Waals surface area contributed by atoms with Gasteiger partial charge >= 0.3 is 12.5 Å². The molecule has 29 heavy (non-hydrogen) atoms. The normalized spacial score (nSPS) is 13.5. The fourth-order valence-electron chi connectivity index (χ4n) is 3.24. The van der Waals surface area contributed by atoms with Gasteiger partial charge in [-0.15, -0.1) is 0 Å². The van der Waals surface area contributed by atoms with E-state index in [-0.39, 0.29) is 16.7 Å². The second-order valence-corrected chi connectivity index (χ2v) is 6.46. The van der Waals surface area contributed by atoms with Gasteiger partial charge in [0.1, 0.15) is 11.4 Å². The molecule has 0 heterocycles. The van der Waals surface area contributed by atoms with Crippen molar-refractivity contribution in [3.63, 3.8) is 0 Å². The largest absolute Gasteiger partial charge is 0.417 e. The first kappa shape index (κ1) is 21.0. The van der Waals surface area contributed by atoms with Crippen molar-refractivity contribution in [1.29, 1.82) is 0 Å². The van der Waals surface area contributed by atoms with Crippen LogP contribution in [0, 0.1) is 5.82 Å². The summed E-state index contributed by atoms with van der Waals surface area (Å²) >= 11 is 0. The number of halogens is 5. The molecule has 0 aliphatic carbocycles. The molecule has 0 aliphatic rings. The van der Waals surface area contributed by atoms with Gasteiger partial charge in [0.15, 0.2) is 0 Å². The molecule has 0 aromatic heterocycles. The lowest BCUT2D eigenvalue weighted by molar-refractivity contribution is -0.342. The van der Waals surface area contributed by atoms with Crippen molar-refractivity contribution in [2.45, 2.75) is 24.2 Å². The summed E-state index contributed by atoms with van der Waals surface area (Å²) in [6, 6.07) is 18.9. The minimum absolute atomic E-state index is 0.156. The van der Waals surface area contributed by atoms with Crippen LogP contribution in [-0.4, -0.2) is 12.5 Å². The SMILES string of the molecule is NC(c1ccc(F)cc1)C(OC(F)(F)C(F)F)(c1ccccc1)c1ccccc1. The zero-order valence-corrected chi connectivity index (χ0v) is 15.1. The van der Waals surface area contributed by atoms with E-state index in [9.17, 15) is 22.0 Å². The molecule has 3 rings (SSSR count). The monoisotopic (exact) mass is 407 g/mol. The highest BCUT2D eigenvalue weighted by Gasteiger charge is 2.54. The first-order valence-corrected chi connectivity index (χ1v) is 8.75. The summed E-state index contributed by atoms with van der Waals surface area (Å²) in [6.45, 7) is 0. The molecular formula is C22H18F5NO. The number of ether oxygens (including phenoxy) is 1. The molecule has 0 bridgehead atoms. The van der Waals surface area contributed by atoms with Crippen molar-refractivity contribution in [2.24, 2.45) is 5.73 Å². The summed E-state index contributed by atoms with van der Waals surface area (Å²) in [7, 11) is 0. The van der Waals surface area contributed by atoms with Crippen LogP contribution in [-0.2, 0) is 10.3 Å². The number of rotatable bonds is 7. The van der Waals surface area contributed by atoms with Gasteiger partial charge in [0, 0.05) is 0 Å². The number of hydrogen-bond donors (Lipinski definition) is 1. The average Bonchev–Trinajstić information content (AvgIpc) is 2.73. The van der Waals surface area contributed by atoms with Crippen molar-refractivity contribution >= 4 is 0 Å². The molecule has 152 valence electrons. The van der Waals surface area contributed by atoms with Crippen LogP contribution < -0.4 is 5.73 Å². The minimum atomic E-state index is -4.79. The third-order valence-electron chi connectivity index (χ3n) is 4.62. The smallest absolute Gasteiger partial charge is 0.321 e. The average molecular weight is 407 g/mol. The molecule has 0 aliphatic heterocycles. The van der Waals surface area contributed by atoms with Gasteiger partial charge in [-0.25, -0.2) is 13.2 Å². The molecule has 2 N–H and O–H groups in total. The molecule has 1 atom stereocenters. The minimum Gasteiger partial charge on any atom is -0.321 e. The topological polar surface area (TPSA) is 35.2 Å². The third-order valence-corrected chi connectivity index (χ3v) is 4.62. The first-order chi connectivity index (χ1) is 13.8. The summed E-state index contributed by atoms with van der Waals surface area (Å²) in [5.41, 5.74) is 4.76. The van der Waals surface area contributed by atoms with Gasteiger partial charge in [0.2, 0.25) is 0 Å². The van der Waals surface area contributed by atoms with E-state index in [4.69, 9.17) is 10.5 Å². The zero-order chi connectivity index (χ0) is 21.1. The Morgan fingerprint density at radius 3 is 1.59 bits per heavy atom. The number of alkyl halides is 4. The predicted octanol–water partition coefficient (Wildman–Crippen LogP) is 5.64. The maximum atomic E-state index is 14.3. The Balaban J connectivity index is 2.28. The highest BCUT2D eigenvalue weighted by Crippen LogP contribution is 2.47. The molecular weight excluding hydrogens is 389 g/mol. The van der Waals surface area contributed by atoms with Crippen LogP contribution >= 0.6 is 0 Å². The fourth-order valence-corrected chi connectivity index (χ4v) is 3.24. The Morgan fingerprint density at radius 1 is 0.724 bits per heavy atom. The van der Waals surface area contributed by atoms with Gasteiger partial charge in [-0.3, -0.25) is 4.74 Å². The van der Waals surface area contributed by atoms with Gasteiger partial charge in [-0.1, -0.05) is 72.8 Å². The number of benzene rings is 3. The Morgan fingerprint density at radius 2 is 1.17 bits per heavy atom. The van der Waals surface area contributed by atoms with E-state index < -0.39 is 30.0 Å².